The van der Waals surface area contributed by atoms with Gasteiger partial charge in [0.15, 0.2) is 5.82 Å². The lowest BCUT2D eigenvalue weighted by atomic mass is 10.1. The summed E-state index contributed by atoms with van der Waals surface area (Å²) in [5.74, 6) is 1.93. The largest absolute Gasteiger partial charge is 0.479 e. The van der Waals surface area contributed by atoms with Crippen LogP contribution < -0.4 is 15.4 Å². The molecule has 1 aromatic heterocycles. The van der Waals surface area contributed by atoms with Gasteiger partial charge in [0.1, 0.15) is 12.0 Å². The molecule has 0 bridgehead atoms. The molecular weight excluding hydrogens is 204 g/mol. The summed E-state index contributed by atoms with van der Waals surface area (Å²) in [6.07, 6.45) is 2.67. The van der Waals surface area contributed by atoms with Crippen molar-refractivity contribution in [2.24, 2.45) is 5.92 Å². The van der Waals surface area contributed by atoms with E-state index in [1.54, 1.807) is 7.11 Å². The average Bonchev–Trinajstić information content (AvgIpc) is 2.58. The number of nitrogens with zero attached hydrogens (tertiary/aromatic N) is 3. The van der Waals surface area contributed by atoms with Gasteiger partial charge >= 0.3 is 0 Å². The fourth-order valence-electron chi connectivity index (χ4n) is 2.36. The van der Waals surface area contributed by atoms with Crippen molar-refractivity contribution in [1.82, 2.24) is 9.97 Å². The molecule has 0 aromatic carbocycles. The highest BCUT2D eigenvalue weighted by molar-refractivity contribution is 5.68. The van der Waals surface area contributed by atoms with Crippen LogP contribution in [0.1, 0.15) is 20.3 Å². The lowest BCUT2D eigenvalue weighted by molar-refractivity contribution is 0.399. The lowest BCUT2D eigenvalue weighted by Gasteiger charge is -2.24. The van der Waals surface area contributed by atoms with E-state index < -0.39 is 0 Å². The second-order valence-electron chi connectivity index (χ2n) is 4.46. The number of methoxy groups -OCH3 is 1. The standard InChI is InChI=1S/C11H18N4O/c1-7-4-8(2)15(5-7)10-9(12)11(16-3)14-6-13-10/h6-8H,4-5,12H2,1-3H3. The third kappa shape index (κ3) is 1.77. The quantitative estimate of drug-likeness (QED) is 0.817. The Morgan fingerprint density at radius 3 is 2.75 bits per heavy atom. The summed E-state index contributed by atoms with van der Waals surface area (Å²) in [5, 5.41) is 0. The normalized spacial score (nSPS) is 24.8. The first-order chi connectivity index (χ1) is 7.63. The third-order valence-corrected chi connectivity index (χ3v) is 3.08. The summed E-state index contributed by atoms with van der Waals surface area (Å²) >= 11 is 0. The molecule has 1 aliphatic rings. The first kappa shape index (κ1) is 11.0. The van der Waals surface area contributed by atoms with Gasteiger partial charge in [0, 0.05) is 12.6 Å². The molecule has 5 nitrogen and oxygen atoms in total. The minimum atomic E-state index is 0.455. The van der Waals surface area contributed by atoms with Gasteiger partial charge in [-0.3, -0.25) is 0 Å². The van der Waals surface area contributed by atoms with Crippen molar-refractivity contribution in [3.05, 3.63) is 6.33 Å². The summed E-state index contributed by atoms with van der Waals surface area (Å²) in [5.41, 5.74) is 6.52. The second-order valence-corrected chi connectivity index (χ2v) is 4.46. The van der Waals surface area contributed by atoms with Crippen LogP contribution in [0.5, 0.6) is 5.88 Å². The zero-order valence-electron chi connectivity index (χ0n) is 9.97. The molecule has 1 saturated heterocycles. The Labute approximate surface area is 95.6 Å². The number of hydrogen-bond acceptors (Lipinski definition) is 5. The Kier molecular flexibility index (Phi) is 2.85. The molecule has 0 amide bonds. The maximum absolute atomic E-state index is 5.99. The van der Waals surface area contributed by atoms with Crippen LogP contribution in [-0.4, -0.2) is 29.7 Å². The average molecular weight is 222 g/mol. The van der Waals surface area contributed by atoms with Gasteiger partial charge in [-0.15, -0.1) is 0 Å². The first-order valence-corrected chi connectivity index (χ1v) is 5.54. The van der Waals surface area contributed by atoms with Crippen LogP contribution in [0.25, 0.3) is 0 Å². The van der Waals surface area contributed by atoms with Gasteiger partial charge in [-0.25, -0.2) is 4.98 Å². The molecule has 0 radical (unpaired) electrons. The Morgan fingerprint density at radius 2 is 2.19 bits per heavy atom. The predicted molar refractivity (Wildman–Crippen MR) is 63.6 cm³/mol. The van der Waals surface area contributed by atoms with Crippen molar-refractivity contribution in [2.45, 2.75) is 26.3 Å². The number of anilines is 2. The van der Waals surface area contributed by atoms with Crippen molar-refractivity contribution in [2.75, 3.05) is 24.3 Å². The van der Waals surface area contributed by atoms with Crippen LogP contribution in [0, 0.1) is 5.92 Å². The molecule has 1 fully saturated rings. The molecule has 2 heterocycles. The van der Waals surface area contributed by atoms with Crippen molar-refractivity contribution in [3.63, 3.8) is 0 Å². The van der Waals surface area contributed by atoms with Gasteiger partial charge in [-0.2, -0.15) is 4.98 Å². The Morgan fingerprint density at radius 1 is 1.44 bits per heavy atom. The summed E-state index contributed by atoms with van der Waals surface area (Å²) in [4.78, 5) is 10.5. The summed E-state index contributed by atoms with van der Waals surface area (Å²) in [7, 11) is 1.57. The molecule has 0 spiro atoms. The molecule has 2 N–H and O–H groups in total. The minimum Gasteiger partial charge on any atom is -0.479 e. The molecule has 2 unspecified atom stereocenters. The number of ether oxygens (including phenoxy) is 1. The highest BCUT2D eigenvalue weighted by Crippen LogP contribution is 2.33. The molecule has 1 aliphatic heterocycles. The monoisotopic (exact) mass is 222 g/mol. The molecular formula is C11H18N4O. The molecule has 0 aliphatic carbocycles. The van der Waals surface area contributed by atoms with Gasteiger partial charge in [0.25, 0.3) is 0 Å². The summed E-state index contributed by atoms with van der Waals surface area (Å²) < 4.78 is 5.10. The van der Waals surface area contributed by atoms with Gasteiger partial charge in [-0.1, -0.05) is 6.92 Å². The van der Waals surface area contributed by atoms with Crippen LogP contribution >= 0.6 is 0 Å². The van der Waals surface area contributed by atoms with Crippen LogP contribution in [0.3, 0.4) is 0 Å². The predicted octanol–water partition coefficient (Wildman–Crippen LogP) is 1.30. The number of nitrogen functional groups attached to an aromatic ring is 1. The molecule has 88 valence electrons. The van der Waals surface area contributed by atoms with E-state index in [4.69, 9.17) is 10.5 Å². The number of rotatable bonds is 2. The van der Waals surface area contributed by atoms with Gasteiger partial charge < -0.3 is 15.4 Å². The maximum atomic E-state index is 5.99. The van der Waals surface area contributed by atoms with Gasteiger partial charge in [0.05, 0.1) is 7.11 Å². The fraction of sp³-hybridized carbons (Fsp3) is 0.636. The van der Waals surface area contributed by atoms with E-state index in [2.05, 4.69) is 28.7 Å². The Hall–Kier alpha value is -1.52. The third-order valence-electron chi connectivity index (χ3n) is 3.08. The topological polar surface area (TPSA) is 64.3 Å². The summed E-state index contributed by atoms with van der Waals surface area (Å²) in [6, 6.07) is 0.469. The van der Waals surface area contributed by atoms with Crippen LogP contribution in [0.15, 0.2) is 6.33 Å². The Bertz CT molecular complexity index is 382. The van der Waals surface area contributed by atoms with Crippen molar-refractivity contribution >= 4 is 11.5 Å². The Balaban J connectivity index is 2.33. The second kappa shape index (κ2) is 4.15. The van der Waals surface area contributed by atoms with E-state index in [0.29, 0.717) is 23.5 Å². The van der Waals surface area contributed by atoms with Crippen molar-refractivity contribution in [1.29, 1.82) is 0 Å². The highest BCUT2D eigenvalue weighted by atomic mass is 16.5. The van der Waals surface area contributed by atoms with Crippen LogP contribution in [0.2, 0.25) is 0 Å². The van der Waals surface area contributed by atoms with Crippen molar-refractivity contribution < 1.29 is 4.74 Å². The van der Waals surface area contributed by atoms with E-state index in [-0.39, 0.29) is 0 Å². The fourth-order valence-corrected chi connectivity index (χ4v) is 2.36. The number of aromatic nitrogens is 2. The maximum Gasteiger partial charge on any atom is 0.242 e. The lowest BCUT2D eigenvalue weighted by Crippen LogP contribution is -2.28. The van der Waals surface area contributed by atoms with E-state index >= 15 is 0 Å². The van der Waals surface area contributed by atoms with Gasteiger partial charge in [-0.05, 0) is 19.3 Å². The number of nitrogens with two attached hydrogens (primary N) is 1. The molecule has 2 rings (SSSR count). The zero-order valence-corrected chi connectivity index (χ0v) is 9.97. The van der Waals surface area contributed by atoms with Crippen LogP contribution in [0.4, 0.5) is 11.5 Å². The molecule has 0 saturated carbocycles. The molecule has 2 atom stereocenters. The molecule has 5 heteroatoms. The molecule has 16 heavy (non-hydrogen) atoms. The van der Waals surface area contributed by atoms with E-state index in [1.807, 2.05) is 0 Å². The van der Waals surface area contributed by atoms with E-state index in [0.717, 1.165) is 12.4 Å². The van der Waals surface area contributed by atoms with Gasteiger partial charge in [0.2, 0.25) is 5.88 Å². The zero-order chi connectivity index (χ0) is 11.7. The van der Waals surface area contributed by atoms with Crippen LogP contribution in [-0.2, 0) is 0 Å². The smallest absolute Gasteiger partial charge is 0.242 e. The summed E-state index contributed by atoms with van der Waals surface area (Å²) in [6.45, 7) is 5.42. The van der Waals surface area contributed by atoms with E-state index in [1.165, 1.54) is 12.7 Å². The SMILES string of the molecule is COc1ncnc(N2CC(C)CC2C)c1N. The molecule has 1 aromatic rings. The minimum absolute atomic E-state index is 0.455. The van der Waals surface area contributed by atoms with Crippen molar-refractivity contribution in [3.8, 4) is 5.88 Å². The highest BCUT2D eigenvalue weighted by Gasteiger charge is 2.29. The first-order valence-electron chi connectivity index (χ1n) is 5.54. The van der Waals surface area contributed by atoms with E-state index in [9.17, 15) is 0 Å². The number of hydrogen-bond donors (Lipinski definition) is 1.